The molecule has 1 saturated heterocycles. The van der Waals surface area contributed by atoms with Crippen molar-refractivity contribution < 1.29 is 4.39 Å². The Labute approximate surface area is 86.9 Å². The van der Waals surface area contributed by atoms with E-state index in [1.54, 1.807) is 0 Å². The maximum absolute atomic E-state index is 12.3. The summed E-state index contributed by atoms with van der Waals surface area (Å²) in [6.07, 6.45) is 3.86. The number of alkyl halides is 1. The van der Waals surface area contributed by atoms with Gasteiger partial charge in [-0.25, -0.2) is 4.39 Å². The number of rotatable bonds is 5. The highest BCUT2D eigenvalue weighted by Gasteiger charge is 2.17. The average Bonchev–Trinajstić information content (AvgIpc) is 2.18. The molecule has 0 aromatic carbocycles. The maximum Gasteiger partial charge on any atom is 0.102 e. The molecule has 1 fully saturated rings. The van der Waals surface area contributed by atoms with Crippen LogP contribution in [-0.4, -0.2) is 43.3 Å². The van der Waals surface area contributed by atoms with E-state index in [2.05, 4.69) is 24.1 Å². The zero-order valence-corrected chi connectivity index (χ0v) is 9.43. The maximum atomic E-state index is 12.3. The lowest BCUT2D eigenvalue weighted by molar-refractivity contribution is 0.172. The van der Waals surface area contributed by atoms with Gasteiger partial charge in [0.1, 0.15) is 6.67 Å². The van der Waals surface area contributed by atoms with E-state index in [1.807, 2.05) is 0 Å². The fraction of sp³-hybridized carbons (Fsp3) is 1.00. The Hall–Kier alpha value is -0.150. The third kappa shape index (κ3) is 3.93. The summed E-state index contributed by atoms with van der Waals surface area (Å²) in [5, 5.41) is 3.50. The number of nitrogens with zero attached hydrogens (tertiary/aromatic N) is 1. The monoisotopic (exact) mass is 202 g/mol. The molecule has 1 unspecified atom stereocenters. The fourth-order valence-electron chi connectivity index (χ4n) is 2.03. The van der Waals surface area contributed by atoms with Crippen LogP contribution < -0.4 is 5.32 Å². The fourth-order valence-corrected chi connectivity index (χ4v) is 2.03. The van der Waals surface area contributed by atoms with Crippen molar-refractivity contribution >= 4 is 0 Å². The number of piperidine rings is 1. The minimum atomic E-state index is -0.231. The van der Waals surface area contributed by atoms with E-state index in [0.717, 1.165) is 13.1 Å². The van der Waals surface area contributed by atoms with Crippen molar-refractivity contribution in [2.24, 2.45) is 0 Å². The van der Waals surface area contributed by atoms with Crippen LogP contribution in [0.3, 0.4) is 0 Å². The van der Waals surface area contributed by atoms with Crippen LogP contribution >= 0.6 is 0 Å². The van der Waals surface area contributed by atoms with Crippen molar-refractivity contribution in [3.63, 3.8) is 0 Å². The molecule has 0 amide bonds. The molecule has 84 valence electrons. The molecule has 2 nitrogen and oxygen atoms in total. The van der Waals surface area contributed by atoms with Gasteiger partial charge in [-0.1, -0.05) is 6.42 Å². The summed E-state index contributed by atoms with van der Waals surface area (Å²) >= 11 is 0. The third-order valence-electron chi connectivity index (χ3n) is 2.97. The highest BCUT2D eigenvalue weighted by atomic mass is 19.1. The third-order valence-corrected chi connectivity index (χ3v) is 2.97. The van der Waals surface area contributed by atoms with Crippen molar-refractivity contribution in [3.05, 3.63) is 0 Å². The molecule has 0 spiro atoms. The SMILES string of the molecule is CC(C)N(CCF)CC1CCCCN1. The first-order chi connectivity index (χ1) is 6.74. The van der Waals surface area contributed by atoms with E-state index in [4.69, 9.17) is 0 Å². The average molecular weight is 202 g/mol. The van der Waals surface area contributed by atoms with Crippen LogP contribution in [0.25, 0.3) is 0 Å². The first-order valence-electron chi connectivity index (χ1n) is 5.77. The second-order valence-electron chi connectivity index (χ2n) is 4.42. The predicted molar refractivity (Wildman–Crippen MR) is 58.3 cm³/mol. The second-order valence-corrected chi connectivity index (χ2v) is 4.42. The molecule has 14 heavy (non-hydrogen) atoms. The van der Waals surface area contributed by atoms with E-state index in [0.29, 0.717) is 18.6 Å². The van der Waals surface area contributed by atoms with Gasteiger partial charge >= 0.3 is 0 Å². The Balaban J connectivity index is 2.29. The standard InChI is InChI=1S/C11H23FN2/c1-10(2)14(8-6-12)9-11-5-3-4-7-13-11/h10-11,13H,3-9H2,1-2H3. The van der Waals surface area contributed by atoms with Crippen LogP contribution in [0.1, 0.15) is 33.1 Å². The van der Waals surface area contributed by atoms with Crippen LogP contribution in [0.4, 0.5) is 4.39 Å². The van der Waals surface area contributed by atoms with Crippen molar-refractivity contribution in [2.75, 3.05) is 26.3 Å². The Morgan fingerprint density at radius 1 is 1.43 bits per heavy atom. The Kier molecular flexibility index (Phi) is 5.41. The van der Waals surface area contributed by atoms with Crippen LogP contribution in [-0.2, 0) is 0 Å². The van der Waals surface area contributed by atoms with Crippen molar-refractivity contribution in [1.29, 1.82) is 0 Å². The summed E-state index contributed by atoms with van der Waals surface area (Å²) in [5.41, 5.74) is 0. The van der Waals surface area contributed by atoms with Gasteiger partial charge in [0.2, 0.25) is 0 Å². The smallest absolute Gasteiger partial charge is 0.102 e. The van der Waals surface area contributed by atoms with Gasteiger partial charge < -0.3 is 5.32 Å². The van der Waals surface area contributed by atoms with Gasteiger partial charge in [-0.2, -0.15) is 0 Å². The molecule has 0 radical (unpaired) electrons. The zero-order valence-electron chi connectivity index (χ0n) is 9.43. The summed E-state index contributed by atoms with van der Waals surface area (Å²) < 4.78 is 12.3. The summed E-state index contributed by atoms with van der Waals surface area (Å²) in [6, 6.07) is 1.03. The van der Waals surface area contributed by atoms with Gasteiger partial charge in [-0.05, 0) is 33.2 Å². The molecule has 1 atom stereocenters. The Bertz CT molecular complexity index is 144. The minimum absolute atomic E-state index is 0.231. The van der Waals surface area contributed by atoms with Crippen LogP contribution in [0.2, 0.25) is 0 Å². The second kappa shape index (κ2) is 6.36. The summed E-state index contributed by atoms with van der Waals surface area (Å²) in [6.45, 7) is 6.76. The predicted octanol–water partition coefficient (Wildman–Crippen LogP) is 1.81. The van der Waals surface area contributed by atoms with Crippen LogP contribution in [0.5, 0.6) is 0 Å². The van der Waals surface area contributed by atoms with E-state index in [-0.39, 0.29) is 6.67 Å². The van der Waals surface area contributed by atoms with Crippen LogP contribution in [0.15, 0.2) is 0 Å². The van der Waals surface area contributed by atoms with Crippen molar-refractivity contribution in [1.82, 2.24) is 10.2 Å². The molecular weight excluding hydrogens is 179 g/mol. The molecule has 0 aromatic rings. The quantitative estimate of drug-likeness (QED) is 0.731. The molecule has 0 aliphatic carbocycles. The first kappa shape index (κ1) is 11.9. The van der Waals surface area contributed by atoms with Gasteiger partial charge in [0.05, 0.1) is 0 Å². The first-order valence-corrected chi connectivity index (χ1v) is 5.77. The number of hydrogen-bond acceptors (Lipinski definition) is 2. The lowest BCUT2D eigenvalue weighted by Crippen LogP contribution is -2.46. The summed E-state index contributed by atoms with van der Waals surface area (Å²) in [7, 11) is 0. The summed E-state index contributed by atoms with van der Waals surface area (Å²) in [5.74, 6) is 0. The number of hydrogen-bond donors (Lipinski definition) is 1. The molecule has 1 aliphatic rings. The molecule has 1 aliphatic heterocycles. The van der Waals surface area contributed by atoms with Crippen molar-refractivity contribution in [2.45, 2.75) is 45.2 Å². The molecule has 1 heterocycles. The Morgan fingerprint density at radius 2 is 2.21 bits per heavy atom. The largest absolute Gasteiger partial charge is 0.313 e. The van der Waals surface area contributed by atoms with E-state index < -0.39 is 0 Å². The van der Waals surface area contributed by atoms with Crippen molar-refractivity contribution in [3.8, 4) is 0 Å². The van der Waals surface area contributed by atoms with Gasteiger partial charge in [-0.15, -0.1) is 0 Å². The highest BCUT2D eigenvalue weighted by Crippen LogP contribution is 2.10. The number of halogens is 1. The normalized spacial score (nSPS) is 23.4. The molecule has 0 bridgehead atoms. The van der Waals surface area contributed by atoms with Gasteiger partial charge in [-0.3, -0.25) is 4.90 Å². The van der Waals surface area contributed by atoms with E-state index in [1.165, 1.54) is 19.3 Å². The van der Waals surface area contributed by atoms with Gasteiger partial charge in [0.25, 0.3) is 0 Å². The topological polar surface area (TPSA) is 15.3 Å². The molecule has 0 aromatic heterocycles. The molecule has 1 rings (SSSR count). The minimum Gasteiger partial charge on any atom is -0.313 e. The zero-order chi connectivity index (χ0) is 10.4. The Morgan fingerprint density at radius 3 is 2.71 bits per heavy atom. The van der Waals surface area contributed by atoms with E-state index in [9.17, 15) is 4.39 Å². The van der Waals surface area contributed by atoms with E-state index >= 15 is 0 Å². The molecular formula is C11H23FN2. The highest BCUT2D eigenvalue weighted by molar-refractivity contribution is 4.77. The molecule has 1 N–H and O–H groups in total. The lowest BCUT2D eigenvalue weighted by atomic mass is 10.0. The van der Waals surface area contributed by atoms with Gasteiger partial charge in [0.15, 0.2) is 0 Å². The summed E-state index contributed by atoms with van der Waals surface area (Å²) in [4.78, 5) is 2.23. The molecule has 3 heteroatoms. The van der Waals surface area contributed by atoms with Gasteiger partial charge in [0, 0.05) is 25.2 Å². The van der Waals surface area contributed by atoms with Crippen LogP contribution in [0, 0.1) is 0 Å². The number of nitrogens with one attached hydrogen (secondary N) is 1. The lowest BCUT2D eigenvalue weighted by Gasteiger charge is -2.32. The molecule has 0 saturated carbocycles.